The highest BCUT2D eigenvalue weighted by molar-refractivity contribution is 5.85. The summed E-state index contributed by atoms with van der Waals surface area (Å²) >= 11 is 0. The van der Waals surface area contributed by atoms with E-state index in [0.29, 0.717) is 12.8 Å². The molecule has 8 heteroatoms. The molecule has 2 N–H and O–H groups in total. The Morgan fingerprint density at radius 1 is 1.60 bits per heavy atom. The van der Waals surface area contributed by atoms with Crippen LogP contribution in [0.3, 0.4) is 0 Å². The van der Waals surface area contributed by atoms with Crippen molar-refractivity contribution < 1.29 is 23.2 Å². The molecule has 0 aromatic carbocycles. The van der Waals surface area contributed by atoms with Crippen molar-refractivity contribution in [2.24, 2.45) is 0 Å². The number of alkyl halides is 2. The number of halogens is 2. The third kappa shape index (κ3) is 2.39. The molecule has 0 spiro atoms. The van der Waals surface area contributed by atoms with Gasteiger partial charge in [0.25, 0.3) is 5.91 Å². The molecular formula is C12H17F2N3O3. The van der Waals surface area contributed by atoms with Crippen molar-refractivity contribution in [1.82, 2.24) is 15.5 Å². The molecule has 1 unspecified atom stereocenters. The Kier molecular flexibility index (Phi) is 3.77. The number of carbonyl (C=O) groups is 1. The van der Waals surface area contributed by atoms with Gasteiger partial charge in [-0.25, -0.2) is 0 Å². The first-order valence-electron chi connectivity index (χ1n) is 6.51. The predicted molar refractivity (Wildman–Crippen MR) is 64.0 cm³/mol. The second-order valence-electron chi connectivity index (χ2n) is 5.07. The summed E-state index contributed by atoms with van der Waals surface area (Å²) in [5.41, 5.74) is -2.23. The summed E-state index contributed by atoms with van der Waals surface area (Å²) in [4.78, 5) is 15.7. The van der Waals surface area contributed by atoms with Crippen molar-refractivity contribution in [1.29, 1.82) is 0 Å². The van der Waals surface area contributed by atoms with Crippen molar-refractivity contribution in [2.75, 3.05) is 0 Å². The van der Waals surface area contributed by atoms with Gasteiger partial charge in [0.2, 0.25) is 5.89 Å². The number of carbonyl (C=O) groups excluding carboxylic acids is 1. The number of rotatable bonds is 5. The average Bonchev–Trinajstić information content (AvgIpc) is 2.78. The lowest BCUT2D eigenvalue weighted by Gasteiger charge is -2.41. The minimum Gasteiger partial charge on any atom is -0.383 e. The molecule has 112 valence electrons. The molecule has 20 heavy (non-hydrogen) atoms. The molecule has 0 saturated heterocycles. The van der Waals surface area contributed by atoms with Crippen molar-refractivity contribution in [2.45, 2.75) is 57.1 Å². The Balaban J connectivity index is 2.09. The molecule has 1 saturated carbocycles. The lowest BCUT2D eigenvalue weighted by Crippen LogP contribution is -2.61. The topological polar surface area (TPSA) is 88.2 Å². The summed E-state index contributed by atoms with van der Waals surface area (Å²) in [6.45, 7) is 3.27. The largest absolute Gasteiger partial charge is 0.383 e. The van der Waals surface area contributed by atoms with Gasteiger partial charge in [-0.2, -0.15) is 13.8 Å². The summed E-state index contributed by atoms with van der Waals surface area (Å²) in [7, 11) is 0. The van der Waals surface area contributed by atoms with Crippen LogP contribution in [-0.2, 0) is 4.79 Å². The van der Waals surface area contributed by atoms with E-state index in [1.54, 1.807) is 13.8 Å². The SMILES string of the molecule is CCC(NC(=O)C(F)(F)C1(O)CCC1)c1noc(C)n1. The zero-order valence-electron chi connectivity index (χ0n) is 11.3. The number of nitrogens with zero attached hydrogens (tertiary/aromatic N) is 2. The molecule has 1 fully saturated rings. The number of aliphatic hydroxyl groups is 1. The normalized spacial score (nSPS) is 19.2. The molecule has 1 aromatic heterocycles. The van der Waals surface area contributed by atoms with Gasteiger partial charge in [0.1, 0.15) is 5.60 Å². The van der Waals surface area contributed by atoms with Gasteiger partial charge in [-0.3, -0.25) is 4.79 Å². The van der Waals surface area contributed by atoms with E-state index >= 15 is 0 Å². The lowest BCUT2D eigenvalue weighted by molar-refractivity contribution is -0.216. The van der Waals surface area contributed by atoms with Crippen LogP contribution in [0.4, 0.5) is 8.78 Å². The maximum Gasteiger partial charge on any atom is 0.352 e. The van der Waals surface area contributed by atoms with E-state index in [-0.39, 0.29) is 24.6 Å². The van der Waals surface area contributed by atoms with E-state index in [4.69, 9.17) is 4.52 Å². The molecule has 1 aliphatic rings. The summed E-state index contributed by atoms with van der Waals surface area (Å²) < 4.78 is 32.6. The quantitative estimate of drug-likeness (QED) is 0.857. The van der Waals surface area contributed by atoms with Crippen molar-refractivity contribution in [3.8, 4) is 0 Å². The van der Waals surface area contributed by atoms with Crippen LogP contribution in [-0.4, -0.2) is 32.7 Å². The predicted octanol–water partition coefficient (Wildman–Crippen LogP) is 1.50. The summed E-state index contributed by atoms with van der Waals surface area (Å²) in [6.07, 6.45) is 0.664. The van der Waals surface area contributed by atoms with Crippen LogP contribution in [0.5, 0.6) is 0 Å². The third-order valence-corrected chi connectivity index (χ3v) is 3.62. The fraction of sp³-hybridized carbons (Fsp3) is 0.750. The van der Waals surface area contributed by atoms with Crippen LogP contribution in [0.25, 0.3) is 0 Å². The molecule has 1 amide bonds. The van der Waals surface area contributed by atoms with Crippen molar-refractivity contribution >= 4 is 5.91 Å². The monoisotopic (exact) mass is 289 g/mol. The maximum absolute atomic E-state index is 13.9. The van der Waals surface area contributed by atoms with Crippen LogP contribution >= 0.6 is 0 Å². The van der Waals surface area contributed by atoms with Gasteiger partial charge < -0.3 is 14.9 Å². The van der Waals surface area contributed by atoms with Crippen molar-refractivity contribution in [3.05, 3.63) is 11.7 Å². The van der Waals surface area contributed by atoms with Crippen LogP contribution in [0.1, 0.15) is 50.4 Å². The molecule has 2 rings (SSSR count). The van der Waals surface area contributed by atoms with Gasteiger partial charge in [0, 0.05) is 6.92 Å². The van der Waals surface area contributed by atoms with E-state index in [9.17, 15) is 18.7 Å². The number of amides is 1. The Morgan fingerprint density at radius 3 is 2.65 bits per heavy atom. The third-order valence-electron chi connectivity index (χ3n) is 3.62. The first-order valence-corrected chi connectivity index (χ1v) is 6.51. The van der Waals surface area contributed by atoms with Crippen LogP contribution < -0.4 is 5.32 Å². The van der Waals surface area contributed by atoms with E-state index in [1.165, 1.54) is 0 Å². The standard InChI is InChI=1S/C12H17F2N3O3/c1-3-8(9-15-7(2)20-17-9)16-10(18)12(13,14)11(19)5-4-6-11/h8,19H,3-6H2,1-2H3,(H,16,18). The first kappa shape index (κ1) is 14.8. The highest BCUT2D eigenvalue weighted by atomic mass is 19.3. The second-order valence-corrected chi connectivity index (χ2v) is 5.07. The lowest BCUT2D eigenvalue weighted by atomic mass is 9.75. The Morgan fingerprint density at radius 2 is 2.25 bits per heavy atom. The van der Waals surface area contributed by atoms with Crippen LogP contribution in [0, 0.1) is 6.92 Å². The Bertz CT molecular complexity index is 500. The zero-order valence-corrected chi connectivity index (χ0v) is 11.3. The highest BCUT2D eigenvalue weighted by Gasteiger charge is 2.61. The first-order chi connectivity index (χ1) is 9.30. The summed E-state index contributed by atoms with van der Waals surface area (Å²) in [5.74, 6) is -4.89. The van der Waals surface area contributed by atoms with Gasteiger partial charge in [-0.1, -0.05) is 12.1 Å². The molecule has 1 heterocycles. The summed E-state index contributed by atoms with van der Waals surface area (Å²) in [6, 6.07) is -0.769. The molecule has 1 aliphatic carbocycles. The van der Waals surface area contributed by atoms with Gasteiger partial charge in [0.15, 0.2) is 5.82 Å². The van der Waals surface area contributed by atoms with Crippen LogP contribution in [0.15, 0.2) is 4.52 Å². The van der Waals surface area contributed by atoms with Gasteiger partial charge in [0.05, 0.1) is 6.04 Å². The molecule has 0 aliphatic heterocycles. The molecule has 1 aromatic rings. The minimum atomic E-state index is -3.82. The molecule has 0 bridgehead atoms. The van der Waals surface area contributed by atoms with Crippen molar-refractivity contribution in [3.63, 3.8) is 0 Å². The fourth-order valence-corrected chi connectivity index (χ4v) is 2.09. The summed E-state index contributed by atoms with van der Waals surface area (Å²) in [5, 5.41) is 15.5. The molecule has 1 atom stereocenters. The van der Waals surface area contributed by atoms with Gasteiger partial charge in [-0.05, 0) is 25.7 Å². The van der Waals surface area contributed by atoms with Crippen LogP contribution in [0.2, 0.25) is 0 Å². The average molecular weight is 289 g/mol. The Labute approximate surface area is 114 Å². The fourth-order valence-electron chi connectivity index (χ4n) is 2.09. The second kappa shape index (κ2) is 5.08. The highest BCUT2D eigenvalue weighted by Crippen LogP contribution is 2.44. The zero-order chi connectivity index (χ0) is 15.0. The van der Waals surface area contributed by atoms with E-state index < -0.39 is 23.5 Å². The number of nitrogens with one attached hydrogen (secondary N) is 1. The van der Waals surface area contributed by atoms with Gasteiger partial charge >= 0.3 is 5.92 Å². The number of hydrogen-bond donors (Lipinski definition) is 2. The molecule has 6 nitrogen and oxygen atoms in total. The molecule has 0 radical (unpaired) electrons. The van der Waals surface area contributed by atoms with E-state index in [2.05, 4.69) is 15.5 Å². The van der Waals surface area contributed by atoms with Gasteiger partial charge in [-0.15, -0.1) is 0 Å². The number of aryl methyl sites for hydroxylation is 1. The smallest absolute Gasteiger partial charge is 0.352 e. The maximum atomic E-state index is 13.9. The number of aromatic nitrogens is 2. The Hall–Kier alpha value is -1.57. The van der Waals surface area contributed by atoms with E-state index in [0.717, 1.165) is 0 Å². The van der Waals surface area contributed by atoms with E-state index in [1.807, 2.05) is 0 Å². The molecular weight excluding hydrogens is 272 g/mol. The minimum absolute atomic E-state index is 0.0778. The number of hydrogen-bond acceptors (Lipinski definition) is 5.